The molecular weight excluding hydrogens is 354 g/mol. The number of hydrogen-bond donors (Lipinski definition) is 1. The molecule has 2 aliphatic rings. The molecule has 1 aliphatic heterocycles. The SMILES string of the molecule is Cc1cc(C(=O)CN2C(=O)N[C@@]3(CCCCc4ccccc43)C2=O)c(C)n1C. The standard InChI is InChI=1S/C22H25N3O3/c1-14-12-17(15(2)24(14)3)19(26)13-25-20(27)22(23-21(25)28)11-7-6-9-16-8-4-5-10-18(16)22/h4-5,8,10,12H,6-7,9,11,13H2,1-3H3,(H,23,28)/t22-/m1/s1. The third kappa shape index (κ3) is 2.66. The Hall–Kier alpha value is -2.89. The van der Waals surface area contributed by atoms with E-state index in [4.69, 9.17) is 0 Å². The van der Waals surface area contributed by atoms with E-state index in [0.717, 1.165) is 46.7 Å². The number of nitrogens with zero attached hydrogens (tertiary/aromatic N) is 2. The first kappa shape index (κ1) is 18.5. The smallest absolute Gasteiger partial charge is 0.325 e. The Balaban J connectivity index is 1.66. The number of carbonyl (C=O) groups excluding carboxylic acids is 3. The number of benzene rings is 1. The van der Waals surface area contributed by atoms with Crippen molar-refractivity contribution in [2.45, 2.75) is 45.1 Å². The zero-order valence-electron chi connectivity index (χ0n) is 16.5. The van der Waals surface area contributed by atoms with Crippen molar-refractivity contribution in [3.8, 4) is 0 Å². The van der Waals surface area contributed by atoms with Gasteiger partial charge in [-0.2, -0.15) is 0 Å². The topological polar surface area (TPSA) is 71.4 Å². The van der Waals surface area contributed by atoms with Crippen LogP contribution in [0.15, 0.2) is 30.3 Å². The lowest BCUT2D eigenvalue weighted by atomic mass is 9.84. The summed E-state index contributed by atoms with van der Waals surface area (Å²) in [4.78, 5) is 40.1. The summed E-state index contributed by atoms with van der Waals surface area (Å²) in [7, 11) is 1.90. The quantitative estimate of drug-likeness (QED) is 0.658. The van der Waals surface area contributed by atoms with E-state index in [1.807, 2.05) is 55.8 Å². The fourth-order valence-electron chi connectivity index (χ4n) is 4.48. The summed E-state index contributed by atoms with van der Waals surface area (Å²) in [6.45, 7) is 3.56. The van der Waals surface area contributed by atoms with Crippen LogP contribution in [0, 0.1) is 13.8 Å². The van der Waals surface area contributed by atoms with Gasteiger partial charge in [-0.3, -0.25) is 14.5 Å². The number of amides is 3. The molecule has 1 atom stereocenters. The van der Waals surface area contributed by atoms with Crippen molar-refractivity contribution in [2.75, 3.05) is 6.54 Å². The van der Waals surface area contributed by atoms with Gasteiger partial charge in [-0.1, -0.05) is 24.3 Å². The first-order valence-corrected chi connectivity index (χ1v) is 9.74. The highest BCUT2D eigenvalue weighted by molar-refractivity contribution is 6.11. The molecule has 1 aliphatic carbocycles. The highest BCUT2D eigenvalue weighted by atomic mass is 16.2. The third-order valence-electron chi connectivity index (χ3n) is 6.28. The molecule has 1 saturated heterocycles. The Kier molecular flexibility index (Phi) is 4.37. The number of nitrogens with one attached hydrogen (secondary N) is 1. The number of carbonyl (C=O) groups is 3. The van der Waals surface area contributed by atoms with Crippen molar-refractivity contribution in [2.24, 2.45) is 7.05 Å². The molecule has 28 heavy (non-hydrogen) atoms. The van der Waals surface area contributed by atoms with Crippen LogP contribution in [0.5, 0.6) is 0 Å². The lowest BCUT2D eigenvalue weighted by Gasteiger charge is -2.27. The number of urea groups is 1. The number of ketones is 1. The van der Waals surface area contributed by atoms with E-state index < -0.39 is 11.6 Å². The largest absolute Gasteiger partial charge is 0.351 e. The van der Waals surface area contributed by atoms with Crippen LogP contribution in [0.4, 0.5) is 4.79 Å². The molecule has 1 aromatic carbocycles. The fourth-order valence-corrected chi connectivity index (χ4v) is 4.48. The maximum absolute atomic E-state index is 13.4. The van der Waals surface area contributed by atoms with Crippen LogP contribution in [0.3, 0.4) is 0 Å². The van der Waals surface area contributed by atoms with E-state index in [9.17, 15) is 14.4 Å². The van der Waals surface area contributed by atoms with E-state index in [0.29, 0.717) is 12.0 Å². The summed E-state index contributed by atoms with van der Waals surface area (Å²) in [5, 5.41) is 2.93. The molecule has 0 radical (unpaired) electrons. The van der Waals surface area contributed by atoms with E-state index in [2.05, 4.69) is 5.32 Å². The minimum absolute atomic E-state index is 0.219. The van der Waals surface area contributed by atoms with Crippen LogP contribution >= 0.6 is 0 Å². The Morgan fingerprint density at radius 3 is 2.64 bits per heavy atom. The third-order valence-corrected chi connectivity index (χ3v) is 6.28. The number of hydrogen-bond acceptors (Lipinski definition) is 3. The van der Waals surface area contributed by atoms with Gasteiger partial charge in [-0.05, 0) is 56.7 Å². The minimum atomic E-state index is -1.05. The molecule has 6 heteroatoms. The number of aromatic nitrogens is 1. The Bertz CT molecular complexity index is 991. The summed E-state index contributed by atoms with van der Waals surface area (Å²) < 4.78 is 1.93. The average Bonchev–Trinajstić information content (AvgIpc) is 2.98. The zero-order chi connectivity index (χ0) is 20.1. The van der Waals surface area contributed by atoms with Crippen LogP contribution in [-0.4, -0.2) is 33.7 Å². The highest BCUT2D eigenvalue weighted by Crippen LogP contribution is 2.39. The summed E-state index contributed by atoms with van der Waals surface area (Å²) in [6, 6.07) is 9.13. The molecule has 2 heterocycles. The van der Waals surface area contributed by atoms with E-state index >= 15 is 0 Å². The predicted molar refractivity (Wildman–Crippen MR) is 105 cm³/mol. The van der Waals surface area contributed by atoms with Crippen molar-refractivity contribution in [3.63, 3.8) is 0 Å². The van der Waals surface area contributed by atoms with Gasteiger partial charge in [0.2, 0.25) is 0 Å². The molecule has 0 bridgehead atoms. The van der Waals surface area contributed by atoms with Crippen molar-refractivity contribution in [3.05, 3.63) is 58.4 Å². The summed E-state index contributed by atoms with van der Waals surface area (Å²) in [5.41, 5.74) is 3.27. The molecular formula is C22H25N3O3. The van der Waals surface area contributed by atoms with Crippen LogP contribution in [0.25, 0.3) is 0 Å². The second-order valence-corrected chi connectivity index (χ2v) is 7.86. The Morgan fingerprint density at radius 2 is 1.93 bits per heavy atom. The average molecular weight is 379 g/mol. The molecule has 3 amide bonds. The van der Waals surface area contributed by atoms with E-state index in [1.54, 1.807) is 0 Å². The summed E-state index contributed by atoms with van der Waals surface area (Å²) in [6.07, 6.45) is 3.27. The van der Waals surface area contributed by atoms with Gasteiger partial charge in [0, 0.05) is 24.0 Å². The predicted octanol–water partition coefficient (Wildman–Crippen LogP) is 3.00. The van der Waals surface area contributed by atoms with E-state index in [1.165, 1.54) is 0 Å². The van der Waals surface area contributed by atoms with Crippen LogP contribution in [-0.2, 0) is 23.8 Å². The van der Waals surface area contributed by atoms with Crippen LogP contribution in [0.1, 0.15) is 52.1 Å². The van der Waals surface area contributed by atoms with Crippen LogP contribution < -0.4 is 5.32 Å². The van der Waals surface area contributed by atoms with Gasteiger partial charge in [-0.25, -0.2) is 4.79 Å². The Labute approximate surface area is 164 Å². The number of rotatable bonds is 3. The first-order chi connectivity index (χ1) is 13.3. The second kappa shape index (κ2) is 6.62. The number of Topliss-reactive ketones (excluding diaryl/α,β-unsaturated/α-hetero) is 1. The molecule has 0 saturated carbocycles. The molecule has 4 rings (SSSR count). The monoisotopic (exact) mass is 379 g/mol. The number of aryl methyl sites for hydroxylation is 2. The van der Waals surface area contributed by atoms with E-state index in [-0.39, 0.29) is 18.2 Å². The molecule has 146 valence electrons. The lowest BCUT2D eigenvalue weighted by molar-refractivity contribution is -0.131. The maximum atomic E-state index is 13.4. The van der Waals surface area contributed by atoms with Gasteiger partial charge in [0.1, 0.15) is 5.54 Å². The molecule has 1 N–H and O–H groups in total. The molecule has 2 aromatic rings. The van der Waals surface area contributed by atoms with Gasteiger partial charge in [0.15, 0.2) is 5.78 Å². The molecule has 0 unspecified atom stereocenters. The van der Waals surface area contributed by atoms with Crippen molar-refractivity contribution in [1.29, 1.82) is 0 Å². The highest BCUT2D eigenvalue weighted by Gasteiger charge is 2.53. The molecule has 1 spiro atoms. The lowest BCUT2D eigenvalue weighted by Crippen LogP contribution is -2.44. The van der Waals surface area contributed by atoms with Crippen molar-refractivity contribution < 1.29 is 14.4 Å². The van der Waals surface area contributed by atoms with Gasteiger partial charge >= 0.3 is 6.03 Å². The fraction of sp³-hybridized carbons (Fsp3) is 0.409. The van der Waals surface area contributed by atoms with Gasteiger partial charge in [0.05, 0.1) is 6.54 Å². The Morgan fingerprint density at radius 1 is 1.18 bits per heavy atom. The zero-order valence-corrected chi connectivity index (χ0v) is 16.5. The first-order valence-electron chi connectivity index (χ1n) is 9.74. The summed E-state index contributed by atoms with van der Waals surface area (Å²) >= 11 is 0. The normalized spacial score (nSPS) is 21.6. The maximum Gasteiger partial charge on any atom is 0.325 e. The van der Waals surface area contributed by atoms with Gasteiger partial charge in [-0.15, -0.1) is 0 Å². The van der Waals surface area contributed by atoms with Gasteiger partial charge < -0.3 is 9.88 Å². The minimum Gasteiger partial charge on any atom is -0.351 e. The van der Waals surface area contributed by atoms with Gasteiger partial charge in [0.25, 0.3) is 5.91 Å². The summed E-state index contributed by atoms with van der Waals surface area (Å²) in [5.74, 6) is -0.533. The second-order valence-electron chi connectivity index (χ2n) is 7.86. The number of fused-ring (bicyclic) bond motifs is 2. The van der Waals surface area contributed by atoms with Crippen LogP contribution in [0.2, 0.25) is 0 Å². The van der Waals surface area contributed by atoms with Crippen molar-refractivity contribution in [1.82, 2.24) is 14.8 Å². The molecule has 6 nitrogen and oxygen atoms in total. The van der Waals surface area contributed by atoms with Crippen molar-refractivity contribution >= 4 is 17.7 Å². The number of imide groups is 1. The molecule has 1 aromatic heterocycles. The molecule has 1 fully saturated rings.